The Labute approximate surface area is 153 Å². The van der Waals surface area contributed by atoms with Gasteiger partial charge < -0.3 is 10.2 Å². The van der Waals surface area contributed by atoms with E-state index in [-0.39, 0.29) is 6.03 Å². The molecule has 2 aliphatic heterocycles. The van der Waals surface area contributed by atoms with E-state index in [1.54, 1.807) is 12.4 Å². The van der Waals surface area contributed by atoms with Crippen molar-refractivity contribution in [3.05, 3.63) is 42.7 Å². The van der Waals surface area contributed by atoms with Crippen molar-refractivity contribution in [1.82, 2.24) is 14.9 Å². The summed E-state index contributed by atoms with van der Waals surface area (Å²) in [6, 6.07) is 10.3. The highest BCUT2D eigenvalue weighted by molar-refractivity contribution is 5.89. The Hall–Kier alpha value is -2.43. The fraction of sp³-hybridized carbons (Fsp3) is 0.476. The number of aromatic nitrogens is 2. The summed E-state index contributed by atoms with van der Waals surface area (Å²) in [5.41, 5.74) is 1.64. The van der Waals surface area contributed by atoms with Crippen LogP contribution in [0.2, 0.25) is 0 Å². The minimum atomic E-state index is 0.0132. The summed E-state index contributed by atoms with van der Waals surface area (Å²) in [5.74, 6) is 3.04. The fourth-order valence-electron chi connectivity index (χ4n) is 5.36. The monoisotopic (exact) mass is 348 g/mol. The lowest BCUT2D eigenvalue weighted by atomic mass is 9.68. The molecule has 2 unspecified atom stereocenters. The van der Waals surface area contributed by atoms with E-state index in [4.69, 9.17) is 0 Å². The maximum Gasteiger partial charge on any atom is 0.322 e. The number of nitrogens with zero attached hydrogens (tertiary/aromatic N) is 3. The second-order valence-corrected chi connectivity index (χ2v) is 8.17. The molecule has 3 heterocycles. The van der Waals surface area contributed by atoms with Gasteiger partial charge in [0.25, 0.3) is 0 Å². The molecule has 2 amide bonds. The molecule has 134 valence electrons. The summed E-state index contributed by atoms with van der Waals surface area (Å²) in [4.78, 5) is 23.8. The first-order valence-electron chi connectivity index (χ1n) is 9.69. The zero-order valence-corrected chi connectivity index (χ0v) is 14.8. The Morgan fingerprint density at radius 1 is 0.923 bits per heavy atom. The second kappa shape index (κ2) is 6.38. The summed E-state index contributed by atoms with van der Waals surface area (Å²) >= 11 is 0. The van der Waals surface area contributed by atoms with Gasteiger partial charge in [-0.05, 0) is 49.9 Å². The van der Waals surface area contributed by atoms with E-state index in [1.807, 2.05) is 30.3 Å². The summed E-state index contributed by atoms with van der Waals surface area (Å²) in [7, 11) is 0. The molecule has 2 atom stereocenters. The SMILES string of the molecule is O=C(Nc1cnc(-c2ccccc2)nc1)N1CC2CC3CC(C2)CC1C3. The highest BCUT2D eigenvalue weighted by atomic mass is 16.2. The number of amides is 2. The van der Waals surface area contributed by atoms with Crippen molar-refractivity contribution >= 4 is 11.7 Å². The summed E-state index contributed by atoms with van der Waals surface area (Å²) in [5, 5.41) is 3.02. The third kappa shape index (κ3) is 2.96. The van der Waals surface area contributed by atoms with Crippen LogP contribution in [0.3, 0.4) is 0 Å². The molecule has 1 aromatic heterocycles. The van der Waals surface area contributed by atoms with Crippen molar-refractivity contribution in [3.63, 3.8) is 0 Å². The van der Waals surface area contributed by atoms with E-state index < -0.39 is 0 Å². The minimum Gasteiger partial charge on any atom is -0.321 e. The van der Waals surface area contributed by atoms with E-state index in [9.17, 15) is 4.79 Å². The lowest BCUT2D eigenvalue weighted by molar-refractivity contribution is 0.136. The maximum absolute atomic E-state index is 12.9. The third-order valence-corrected chi connectivity index (χ3v) is 6.30. The number of anilines is 1. The number of hydrogen-bond donors (Lipinski definition) is 1. The van der Waals surface area contributed by atoms with Crippen LogP contribution in [-0.2, 0) is 0 Å². The van der Waals surface area contributed by atoms with Crippen molar-refractivity contribution in [2.75, 3.05) is 11.9 Å². The largest absolute Gasteiger partial charge is 0.322 e. The number of rotatable bonds is 2. The Morgan fingerprint density at radius 3 is 2.27 bits per heavy atom. The van der Waals surface area contributed by atoms with E-state index in [1.165, 1.54) is 32.1 Å². The average Bonchev–Trinajstić information content (AvgIpc) is 2.86. The van der Waals surface area contributed by atoms with Gasteiger partial charge in [-0.1, -0.05) is 30.3 Å². The van der Waals surface area contributed by atoms with Gasteiger partial charge in [-0.25, -0.2) is 14.8 Å². The number of nitrogens with one attached hydrogen (secondary N) is 1. The topological polar surface area (TPSA) is 58.1 Å². The van der Waals surface area contributed by atoms with E-state index in [2.05, 4.69) is 20.2 Å². The molecule has 2 saturated carbocycles. The molecular formula is C21H24N4O. The first kappa shape index (κ1) is 15.8. The normalized spacial score (nSPS) is 29.5. The van der Waals surface area contributed by atoms with Gasteiger partial charge >= 0.3 is 6.03 Å². The van der Waals surface area contributed by atoms with Crippen LogP contribution in [0.4, 0.5) is 10.5 Å². The molecule has 0 spiro atoms. The molecule has 4 bridgehead atoms. The van der Waals surface area contributed by atoms with Gasteiger partial charge in [0, 0.05) is 18.2 Å². The van der Waals surface area contributed by atoms with Crippen molar-refractivity contribution in [2.45, 2.75) is 38.1 Å². The van der Waals surface area contributed by atoms with Crippen molar-refractivity contribution in [2.24, 2.45) is 17.8 Å². The molecule has 4 aliphatic rings. The van der Waals surface area contributed by atoms with Crippen molar-refractivity contribution in [1.29, 1.82) is 0 Å². The van der Waals surface area contributed by atoms with E-state index in [0.29, 0.717) is 23.5 Å². The maximum atomic E-state index is 12.9. The molecule has 5 heteroatoms. The molecule has 26 heavy (non-hydrogen) atoms. The van der Waals surface area contributed by atoms with Crippen molar-refractivity contribution in [3.8, 4) is 11.4 Å². The standard InChI is InChI=1S/C21H24N4O/c26-21(25-13-16-7-14-6-15(8-16)10-19(25)9-14)24-18-11-22-20(23-12-18)17-4-2-1-3-5-17/h1-5,11-12,14-16,19H,6-10,13H2,(H,24,26). The van der Waals surface area contributed by atoms with Gasteiger partial charge in [-0.15, -0.1) is 0 Å². The molecule has 1 N–H and O–H groups in total. The summed E-state index contributed by atoms with van der Waals surface area (Å²) < 4.78 is 0. The van der Waals surface area contributed by atoms with E-state index in [0.717, 1.165) is 23.9 Å². The number of carbonyl (C=O) groups is 1. The van der Waals surface area contributed by atoms with E-state index >= 15 is 0 Å². The van der Waals surface area contributed by atoms with Crippen molar-refractivity contribution < 1.29 is 4.79 Å². The van der Waals surface area contributed by atoms with Crippen LogP contribution >= 0.6 is 0 Å². The predicted molar refractivity (Wildman–Crippen MR) is 101 cm³/mol. The third-order valence-electron chi connectivity index (χ3n) is 6.30. The Kier molecular flexibility index (Phi) is 3.88. The van der Waals surface area contributed by atoms with Crippen LogP contribution in [0.15, 0.2) is 42.7 Å². The van der Waals surface area contributed by atoms with Crippen LogP contribution in [-0.4, -0.2) is 33.5 Å². The summed E-state index contributed by atoms with van der Waals surface area (Å²) in [6.45, 7) is 0.909. The van der Waals surface area contributed by atoms with Gasteiger partial charge in [0.1, 0.15) is 0 Å². The first-order valence-corrected chi connectivity index (χ1v) is 9.69. The number of benzene rings is 1. The van der Waals surface area contributed by atoms with Gasteiger partial charge in [-0.3, -0.25) is 0 Å². The minimum absolute atomic E-state index is 0.0132. The molecule has 1 aromatic carbocycles. The number of hydrogen-bond acceptors (Lipinski definition) is 3. The molecule has 6 rings (SSSR count). The van der Waals surface area contributed by atoms with Crippen LogP contribution < -0.4 is 5.32 Å². The molecule has 2 aromatic rings. The quantitative estimate of drug-likeness (QED) is 0.885. The number of urea groups is 1. The van der Waals surface area contributed by atoms with Gasteiger partial charge in [-0.2, -0.15) is 0 Å². The molecular weight excluding hydrogens is 324 g/mol. The van der Waals surface area contributed by atoms with Crippen LogP contribution in [0.1, 0.15) is 32.1 Å². The van der Waals surface area contributed by atoms with Crippen LogP contribution in [0, 0.1) is 17.8 Å². The average molecular weight is 348 g/mol. The van der Waals surface area contributed by atoms with Gasteiger partial charge in [0.15, 0.2) is 5.82 Å². The first-order chi connectivity index (χ1) is 12.7. The zero-order valence-electron chi connectivity index (χ0n) is 14.8. The molecule has 2 saturated heterocycles. The Balaban J connectivity index is 1.30. The molecule has 4 fully saturated rings. The Morgan fingerprint density at radius 2 is 1.58 bits per heavy atom. The smallest absolute Gasteiger partial charge is 0.321 e. The number of carbonyl (C=O) groups excluding carboxylic acids is 1. The lowest BCUT2D eigenvalue weighted by Gasteiger charge is -2.38. The predicted octanol–water partition coefficient (Wildman–Crippen LogP) is 4.19. The highest BCUT2D eigenvalue weighted by Gasteiger charge is 2.44. The lowest BCUT2D eigenvalue weighted by Crippen LogP contribution is -2.44. The molecule has 0 radical (unpaired) electrons. The summed E-state index contributed by atoms with van der Waals surface area (Å²) in [6.07, 6.45) is 9.78. The highest BCUT2D eigenvalue weighted by Crippen LogP contribution is 2.47. The van der Waals surface area contributed by atoms with Crippen LogP contribution in [0.5, 0.6) is 0 Å². The molecule has 2 aliphatic carbocycles. The van der Waals surface area contributed by atoms with Gasteiger partial charge in [0.05, 0.1) is 18.1 Å². The van der Waals surface area contributed by atoms with Crippen LogP contribution in [0.25, 0.3) is 11.4 Å². The Bertz CT molecular complexity index is 777. The zero-order chi connectivity index (χ0) is 17.5. The van der Waals surface area contributed by atoms with Gasteiger partial charge in [0.2, 0.25) is 0 Å². The fourth-order valence-corrected chi connectivity index (χ4v) is 5.36. The second-order valence-electron chi connectivity index (χ2n) is 8.17. The number of fused-ring (bicyclic) bond motifs is 1. The molecule has 5 nitrogen and oxygen atoms in total.